The number of sulfonamides is 1. The quantitative estimate of drug-likeness (QED) is 0.321. The van der Waals surface area contributed by atoms with Crippen molar-refractivity contribution in [1.82, 2.24) is 9.80 Å². The van der Waals surface area contributed by atoms with Crippen molar-refractivity contribution in [1.29, 1.82) is 0 Å². The van der Waals surface area contributed by atoms with Gasteiger partial charge < -0.3 is 19.8 Å². The van der Waals surface area contributed by atoms with Gasteiger partial charge in [0.2, 0.25) is 0 Å². The van der Waals surface area contributed by atoms with E-state index in [1.54, 1.807) is 36.1 Å². The molecule has 0 aromatic heterocycles. The maximum absolute atomic E-state index is 13.7. The van der Waals surface area contributed by atoms with Crippen LogP contribution in [0.2, 0.25) is 0 Å². The number of amides is 1. The monoisotopic (exact) mass is 599 g/mol. The number of nitrogens with zero attached hydrogens (tertiary/aromatic N) is 2. The van der Waals surface area contributed by atoms with Gasteiger partial charge in [0.15, 0.2) is 0 Å². The van der Waals surface area contributed by atoms with Crippen LogP contribution in [0.5, 0.6) is 5.75 Å². The summed E-state index contributed by atoms with van der Waals surface area (Å²) in [7, 11) is -2.15. The molecule has 0 radical (unpaired) electrons. The van der Waals surface area contributed by atoms with E-state index in [-0.39, 0.29) is 52.6 Å². The molecule has 3 aromatic carbocycles. The molecule has 12 heteroatoms. The number of rotatable bonds is 10. The van der Waals surface area contributed by atoms with Crippen LogP contribution in [0.1, 0.15) is 40.1 Å². The Kier molecular flexibility index (Phi) is 9.50. The Bertz CT molecular complexity index is 1530. The number of aliphatic hydroxyl groups is 1. The Hall–Kier alpha value is -4.00. The number of aromatic carboxylic acids is 1. The van der Waals surface area contributed by atoms with Crippen molar-refractivity contribution in [2.24, 2.45) is 5.92 Å². The molecule has 4 rings (SSSR count). The number of hydrogen-bond acceptors (Lipinski definition) is 7. The fraction of sp³-hybridized carbons (Fsp3) is 0.333. The van der Waals surface area contributed by atoms with Crippen LogP contribution in [0.3, 0.4) is 0 Å². The Morgan fingerprint density at radius 3 is 2.43 bits per heavy atom. The highest BCUT2D eigenvalue weighted by molar-refractivity contribution is 7.92. The third-order valence-corrected chi connectivity index (χ3v) is 8.58. The first kappa shape index (κ1) is 30.9. The summed E-state index contributed by atoms with van der Waals surface area (Å²) < 4.78 is 47.9. The van der Waals surface area contributed by atoms with Gasteiger partial charge in [-0.15, -0.1) is 0 Å². The van der Waals surface area contributed by atoms with E-state index in [0.29, 0.717) is 13.1 Å². The van der Waals surface area contributed by atoms with Gasteiger partial charge in [-0.1, -0.05) is 19.1 Å². The molecule has 3 N–H and O–H groups in total. The second-order valence-electron chi connectivity index (χ2n) is 10.6. The molecule has 0 saturated heterocycles. The number of halogens is 1. The van der Waals surface area contributed by atoms with Gasteiger partial charge >= 0.3 is 5.97 Å². The minimum atomic E-state index is -4.06. The van der Waals surface area contributed by atoms with Crippen LogP contribution in [0.15, 0.2) is 71.6 Å². The second-order valence-corrected chi connectivity index (χ2v) is 12.3. The zero-order valence-electron chi connectivity index (χ0n) is 23.5. The summed E-state index contributed by atoms with van der Waals surface area (Å²) in [5, 5.41) is 19.0. The number of aliphatic hydroxyl groups excluding tert-OH is 1. The van der Waals surface area contributed by atoms with E-state index in [0.717, 1.165) is 29.8 Å². The number of carboxylic acid groups (broad SMARTS) is 1. The lowest BCUT2D eigenvalue weighted by atomic mass is 9.99. The average Bonchev–Trinajstić information content (AvgIpc) is 2.95. The molecule has 0 spiro atoms. The van der Waals surface area contributed by atoms with E-state index < -0.39 is 33.8 Å². The van der Waals surface area contributed by atoms with E-state index in [1.807, 2.05) is 18.9 Å². The van der Waals surface area contributed by atoms with E-state index in [1.165, 1.54) is 18.2 Å². The van der Waals surface area contributed by atoms with Crippen LogP contribution < -0.4 is 9.46 Å². The van der Waals surface area contributed by atoms with E-state index in [4.69, 9.17) is 9.84 Å². The lowest BCUT2D eigenvalue weighted by molar-refractivity contribution is 0.0341. The number of hydrogen-bond donors (Lipinski definition) is 3. The van der Waals surface area contributed by atoms with Gasteiger partial charge in [0.1, 0.15) is 17.7 Å². The van der Waals surface area contributed by atoms with Crippen molar-refractivity contribution < 1.29 is 37.3 Å². The molecule has 1 heterocycles. The van der Waals surface area contributed by atoms with Crippen molar-refractivity contribution in [2.45, 2.75) is 37.4 Å². The zero-order valence-corrected chi connectivity index (χ0v) is 24.3. The van der Waals surface area contributed by atoms with Crippen molar-refractivity contribution in [3.8, 4) is 5.75 Å². The normalized spacial score (nSPS) is 18.0. The zero-order chi connectivity index (χ0) is 30.6. The lowest BCUT2D eigenvalue weighted by Gasteiger charge is -2.38. The van der Waals surface area contributed by atoms with Gasteiger partial charge in [-0.25, -0.2) is 17.6 Å². The van der Waals surface area contributed by atoms with Crippen molar-refractivity contribution in [3.05, 3.63) is 89.2 Å². The number of carboxylic acids is 1. The first-order valence-electron chi connectivity index (χ1n) is 13.4. The Morgan fingerprint density at radius 2 is 1.81 bits per heavy atom. The summed E-state index contributed by atoms with van der Waals surface area (Å²) in [4.78, 5) is 28.3. The molecule has 0 bridgehead atoms. The van der Waals surface area contributed by atoms with Crippen molar-refractivity contribution in [3.63, 3.8) is 0 Å². The number of nitrogens with one attached hydrogen (secondary N) is 1. The summed E-state index contributed by atoms with van der Waals surface area (Å²) in [6, 6.07) is 14.9. The minimum absolute atomic E-state index is 0.124. The van der Waals surface area contributed by atoms with Crippen molar-refractivity contribution in [2.75, 3.05) is 31.5 Å². The summed E-state index contributed by atoms with van der Waals surface area (Å²) in [6.45, 7) is 4.71. The summed E-state index contributed by atoms with van der Waals surface area (Å²) in [6.07, 6.45) is -0.379. The van der Waals surface area contributed by atoms with E-state index >= 15 is 0 Å². The maximum Gasteiger partial charge on any atom is 0.335 e. The Morgan fingerprint density at radius 1 is 1.14 bits per heavy atom. The van der Waals surface area contributed by atoms with Crippen molar-refractivity contribution >= 4 is 27.6 Å². The van der Waals surface area contributed by atoms with Crippen LogP contribution in [-0.4, -0.2) is 79.2 Å². The van der Waals surface area contributed by atoms with Crippen LogP contribution in [-0.2, 0) is 16.6 Å². The summed E-state index contributed by atoms with van der Waals surface area (Å²) >= 11 is 0. The number of benzene rings is 3. The van der Waals surface area contributed by atoms with Crippen LogP contribution in [0.4, 0.5) is 10.1 Å². The molecule has 3 aromatic rings. The third kappa shape index (κ3) is 7.25. The molecule has 10 nitrogen and oxygen atoms in total. The fourth-order valence-electron chi connectivity index (χ4n) is 4.77. The molecular weight excluding hydrogens is 565 g/mol. The molecule has 3 atom stereocenters. The van der Waals surface area contributed by atoms with Gasteiger partial charge in [0.05, 0.1) is 28.7 Å². The topological polar surface area (TPSA) is 136 Å². The standard InChI is InChI=1S/C30H34FN3O7S/c1-19-15-34(20(2)18-35)29(36)26-14-24(32-42(39,40)25-11-8-23(31)9-12-25)10-13-27(26)41-28(19)17-33(3)16-21-4-6-22(7-5-21)30(37)38/h4-14,19-20,28,32,35H,15-18H2,1-3H3,(H,37,38)/t19-,20-,28+/m0/s1. The minimum Gasteiger partial charge on any atom is -0.488 e. The predicted octanol–water partition coefficient (Wildman–Crippen LogP) is 3.68. The number of anilines is 1. The summed E-state index contributed by atoms with van der Waals surface area (Å²) in [5.41, 5.74) is 1.39. The van der Waals surface area contributed by atoms with Gasteiger partial charge in [-0.05, 0) is 74.1 Å². The van der Waals surface area contributed by atoms with Crippen LogP contribution in [0, 0.1) is 11.7 Å². The SMILES string of the molecule is C[C@H]1CN([C@@H](C)CO)C(=O)c2cc(NS(=O)(=O)c3ccc(F)cc3)ccc2O[C@@H]1CN(C)Cc1ccc(C(=O)O)cc1. The smallest absolute Gasteiger partial charge is 0.335 e. The number of likely N-dealkylation sites (N-methyl/N-ethyl adjacent to an activating group) is 1. The highest BCUT2D eigenvalue weighted by Crippen LogP contribution is 2.31. The second kappa shape index (κ2) is 12.9. The maximum atomic E-state index is 13.7. The molecule has 42 heavy (non-hydrogen) atoms. The fourth-order valence-corrected chi connectivity index (χ4v) is 5.82. The van der Waals surface area contributed by atoms with Gasteiger partial charge in [0, 0.05) is 31.2 Å². The number of fused-ring (bicyclic) bond motifs is 1. The van der Waals surface area contributed by atoms with Gasteiger partial charge in [-0.3, -0.25) is 14.4 Å². The van der Waals surface area contributed by atoms with Crippen LogP contribution in [0.25, 0.3) is 0 Å². The van der Waals surface area contributed by atoms with E-state index in [9.17, 15) is 27.5 Å². The summed E-state index contributed by atoms with van der Waals surface area (Å²) in [5.74, 6) is -1.83. The largest absolute Gasteiger partial charge is 0.488 e. The first-order valence-corrected chi connectivity index (χ1v) is 14.9. The van der Waals surface area contributed by atoms with Gasteiger partial charge in [0.25, 0.3) is 15.9 Å². The average molecular weight is 600 g/mol. The Balaban J connectivity index is 1.60. The van der Waals surface area contributed by atoms with Gasteiger partial charge in [-0.2, -0.15) is 0 Å². The third-order valence-electron chi connectivity index (χ3n) is 7.19. The molecule has 0 saturated carbocycles. The highest BCUT2D eigenvalue weighted by Gasteiger charge is 2.33. The molecular formula is C30H34FN3O7S. The highest BCUT2D eigenvalue weighted by atomic mass is 32.2. The number of ether oxygens (including phenoxy) is 1. The molecule has 1 amide bonds. The number of carbonyl (C=O) groups is 2. The Labute approximate surface area is 244 Å². The molecule has 1 aliphatic rings. The lowest BCUT2D eigenvalue weighted by Crippen LogP contribution is -2.49. The molecule has 224 valence electrons. The molecule has 1 aliphatic heterocycles. The molecule has 0 fully saturated rings. The first-order chi connectivity index (χ1) is 19.9. The number of carbonyl (C=O) groups excluding carboxylic acids is 1. The molecule has 0 aliphatic carbocycles. The predicted molar refractivity (Wildman–Crippen MR) is 155 cm³/mol. The van der Waals surface area contributed by atoms with E-state index in [2.05, 4.69) is 4.72 Å². The van der Waals surface area contributed by atoms with Crippen LogP contribution >= 0.6 is 0 Å². The molecule has 0 unspecified atom stereocenters.